The van der Waals surface area contributed by atoms with Crippen molar-refractivity contribution in [1.29, 1.82) is 0 Å². The topological polar surface area (TPSA) is 52.1 Å². The van der Waals surface area contributed by atoms with E-state index >= 15 is 0 Å². The second-order valence-electron chi connectivity index (χ2n) is 5.61. The number of aromatic nitrogens is 2. The number of rotatable bonds is 4. The summed E-state index contributed by atoms with van der Waals surface area (Å²) in [7, 11) is 0. The van der Waals surface area contributed by atoms with Crippen LogP contribution in [0, 0.1) is 5.92 Å². The maximum Gasteiger partial charge on any atom is 0.306 e. The number of fused-ring (bicyclic) bond motifs is 1. The van der Waals surface area contributed by atoms with Crippen LogP contribution in [0.4, 0.5) is 0 Å². The number of hydrogen-bond acceptors (Lipinski definition) is 4. The van der Waals surface area contributed by atoms with Gasteiger partial charge in [0.05, 0.1) is 6.61 Å². The van der Waals surface area contributed by atoms with Gasteiger partial charge in [-0.05, 0) is 61.4 Å². The molecule has 114 valence electrons. The van der Waals surface area contributed by atoms with E-state index in [0.717, 1.165) is 30.3 Å². The van der Waals surface area contributed by atoms with E-state index in [-0.39, 0.29) is 5.97 Å². The highest BCUT2D eigenvalue weighted by Crippen LogP contribution is 2.34. The van der Waals surface area contributed by atoms with Gasteiger partial charge in [-0.25, -0.2) is 9.97 Å². The second kappa shape index (κ2) is 6.69. The molecule has 0 amide bonds. The average Bonchev–Trinajstić information content (AvgIpc) is 2.55. The molecule has 2 aromatic rings. The van der Waals surface area contributed by atoms with Gasteiger partial charge >= 0.3 is 5.97 Å². The van der Waals surface area contributed by atoms with Gasteiger partial charge in [0.25, 0.3) is 0 Å². The van der Waals surface area contributed by atoms with Crippen molar-refractivity contribution in [1.82, 2.24) is 9.97 Å². The van der Waals surface area contributed by atoms with Gasteiger partial charge in [0.1, 0.15) is 0 Å². The molecule has 1 aliphatic rings. The van der Waals surface area contributed by atoms with Crippen molar-refractivity contribution >= 4 is 22.6 Å². The third-order valence-electron chi connectivity index (χ3n) is 4.14. The van der Waals surface area contributed by atoms with E-state index < -0.39 is 0 Å². The average molecular weight is 296 g/mol. The summed E-state index contributed by atoms with van der Waals surface area (Å²) in [5.41, 5.74) is 3.34. The molecular formula is C18H20N2O2. The molecule has 3 rings (SSSR count). The summed E-state index contributed by atoms with van der Waals surface area (Å²) in [5.74, 6) is 0.317. The van der Waals surface area contributed by atoms with Crippen LogP contribution in [0.25, 0.3) is 16.6 Å². The number of carbonyl (C=O) groups is 1. The molecule has 1 aliphatic carbocycles. The normalized spacial score (nSPS) is 18.0. The third kappa shape index (κ3) is 3.16. The van der Waals surface area contributed by atoms with E-state index in [1.54, 1.807) is 6.20 Å². The Morgan fingerprint density at radius 1 is 1.32 bits per heavy atom. The van der Waals surface area contributed by atoms with Gasteiger partial charge in [0, 0.05) is 24.2 Å². The molecule has 2 aromatic heterocycles. The van der Waals surface area contributed by atoms with Crippen molar-refractivity contribution in [3.05, 3.63) is 42.2 Å². The first kappa shape index (κ1) is 14.7. The maximum atomic E-state index is 11.6. The molecule has 0 N–H and O–H groups in total. The van der Waals surface area contributed by atoms with Gasteiger partial charge < -0.3 is 4.74 Å². The van der Waals surface area contributed by atoms with Gasteiger partial charge in [-0.1, -0.05) is 6.08 Å². The summed E-state index contributed by atoms with van der Waals surface area (Å²) in [6.07, 6.45) is 9.30. The molecule has 22 heavy (non-hydrogen) atoms. The zero-order chi connectivity index (χ0) is 15.4. The molecule has 0 aliphatic heterocycles. The van der Waals surface area contributed by atoms with Crippen molar-refractivity contribution in [3.63, 3.8) is 0 Å². The van der Waals surface area contributed by atoms with Crippen LogP contribution in [0.15, 0.2) is 36.7 Å². The van der Waals surface area contributed by atoms with Gasteiger partial charge in [0.2, 0.25) is 0 Å². The van der Waals surface area contributed by atoms with Crippen LogP contribution < -0.4 is 0 Å². The molecule has 0 spiro atoms. The molecule has 0 aromatic carbocycles. The van der Waals surface area contributed by atoms with Crippen LogP contribution in [-0.2, 0) is 9.53 Å². The number of nitrogens with zero attached hydrogens (tertiary/aromatic N) is 2. The number of esters is 1. The number of hydrogen-bond donors (Lipinski definition) is 0. The molecule has 0 saturated carbocycles. The molecule has 4 nitrogen and oxygen atoms in total. The lowest BCUT2D eigenvalue weighted by atomic mass is 9.84. The Kier molecular flexibility index (Phi) is 4.47. The molecule has 1 unspecified atom stereocenters. The Morgan fingerprint density at radius 2 is 2.18 bits per heavy atom. The van der Waals surface area contributed by atoms with E-state index in [1.807, 2.05) is 19.2 Å². The Labute approximate surface area is 130 Å². The quantitative estimate of drug-likeness (QED) is 0.806. The van der Waals surface area contributed by atoms with Gasteiger partial charge in [-0.2, -0.15) is 0 Å². The van der Waals surface area contributed by atoms with E-state index in [1.165, 1.54) is 11.1 Å². The van der Waals surface area contributed by atoms with Crippen LogP contribution in [0.2, 0.25) is 0 Å². The summed E-state index contributed by atoms with van der Waals surface area (Å²) in [4.78, 5) is 20.2. The second-order valence-corrected chi connectivity index (χ2v) is 5.61. The number of allylic oxidation sites excluding steroid dienone is 2. The minimum absolute atomic E-state index is 0.0806. The number of carbonyl (C=O) groups excluding carboxylic acids is 1. The first-order valence-electron chi connectivity index (χ1n) is 7.82. The van der Waals surface area contributed by atoms with Crippen LogP contribution in [0.3, 0.4) is 0 Å². The molecule has 1 atom stereocenters. The summed E-state index contributed by atoms with van der Waals surface area (Å²) < 4.78 is 5.04. The fourth-order valence-electron chi connectivity index (χ4n) is 3.04. The van der Waals surface area contributed by atoms with E-state index in [4.69, 9.17) is 4.74 Å². The fraction of sp³-hybridized carbons (Fsp3) is 0.389. The monoisotopic (exact) mass is 296 g/mol. The van der Waals surface area contributed by atoms with Crippen molar-refractivity contribution in [3.8, 4) is 0 Å². The molecular weight excluding hydrogens is 276 g/mol. The first-order chi connectivity index (χ1) is 10.8. The van der Waals surface area contributed by atoms with Crippen molar-refractivity contribution in [2.45, 2.75) is 32.6 Å². The van der Waals surface area contributed by atoms with Crippen LogP contribution >= 0.6 is 0 Å². The smallest absolute Gasteiger partial charge is 0.306 e. The van der Waals surface area contributed by atoms with Crippen LogP contribution in [0.5, 0.6) is 0 Å². The van der Waals surface area contributed by atoms with E-state index in [0.29, 0.717) is 18.9 Å². The Hall–Kier alpha value is -2.23. The Balaban J connectivity index is 1.76. The van der Waals surface area contributed by atoms with Crippen LogP contribution in [-0.4, -0.2) is 22.5 Å². The lowest BCUT2D eigenvalue weighted by Gasteiger charge is -2.22. The highest BCUT2D eigenvalue weighted by molar-refractivity contribution is 5.89. The molecule has 0 saturated heterocycles. The minimum Gasteiger partial charge on any atom is -0.466 e. The lowest BCUT2D eigenvalue weighted by Crippen LogP contribution is -2.13. The predicted octanol–water partition coefficient (Wildman–Crippen LogP) is 3.77. The Morgan fingerprint density at radius 3 is 2.95 bits per heavy atom. The summed E-state index contributed by atoms with van der Waals surface area (Å²) in [5, 5.41) is 1.10. The molecule has 4 heteroatoms. The summed E-state index contributed by atoms with van der Waals surface area (Å²) in [6.45, 7) is 2.31. The first-order valence-corrected chi connectivity index (χ1v) is 7.82. The highest BCUT2D eigenvalue weighted by Gasteiger charge is 2.20. The Bertz CT molecular complexity index is 704. The minimum atomic E-state index is -0.0806. The predicted molar refractivity (Wildman–Crippen MR) is 86.1 cm³/mol. The van der Waals surface area contributed by atoms with Gasteiger partial charge in [-0.15, -0.1) is 0 Å². The van der Waals surface area contributed by atoms with Crippen molar-refractivity contribution in [2.75, 3.05) is 6.61 Å². The maximum absolute atomic E-state index is 11.6. The largest absolute Gasteiger partial charge is 0.466 e. The van der Waals surface area contributed by atoms with E-state index in [9.17, 15) is 4.79 Å². The van der Waals surface area contributed by atoms with Crippen molar-refractivity contribution in [2.24, 2.45) is 5.92 Å². The molecule has 0 radical (unpaired) electrons. The zero-order valence-electron chi connectivity index (χ0n) is 12.8. The summed E-state index contributed by atoms with van der Waals surface area (Å²) in [6, 6.07) is 6.07. The van der Waals surface area contributed by atoms with E-state index in [2.05, 4.69) is 28.2 Å². The molecule has 2 heterocycles. The molecule has 0 fully saturated rings. The third-order valence-corrected chi connectivity index (χ3v) is 4.14. The SMILES string of the molecule is CCOC(=O)CC1CC=C(c2ccnc3ncccc23)CC1. The standard InChI is InChI=1S/C18H20N2O2/c1-2-22-17(21)12-13-5-7-14(8-6-13)15-9-11-20-18-16(15)4-3-10-19-18/h3-4,7,9-11,13H,2,5-6,8,12H2,1H3. The summed E-state index contributed by atoms with van der Waals surface area (Å²) >= 11 is 0. The van der Waals surface area contributed by atoms with Gasteiger partial charge in [-0.3, -0.25) is 4.79 Å². The van der Waals surface area contributed by atoms with Crippen molar-refractivity contribution < 1.29 is 9.53 Å². The number of ether oxygens (including phenoxy) is 1. The highest BCUT2D eigenvalue weighted by atomic mass is 16.5. The molecule has 0 bridgehead atoms. The fourth-order valence-corrected chi connectivity index (χ4v) is 3.04. The lowest BCUT2D eigenvalue weighted by molar-refractivity contribution is -0.144. The van der Waals surface area contributed by atoms with Crippen LogP contribution in [0.1, 0.15) is 38.2 Å². The zero-order valence-corrected chi connectivity index (χ0v) is 12.8. The van der Waals surface area contributed by atoms with Gasteiger partial charge in [0.15, 0.2) is 5.65 Å². The number of pyridine rings is 2.